The second-order valence-corrected chi connectivity index (χ2v) is 4.76. The third-order valence-corrected chi connectivity index (χ3v) is 3.13. The van der Waals surface area contributed by atoms with E-state index < -0.39 is 6.08 Å². The molecule has 0 bridgehead atoms. The number of rotatable bonds is 8. The second kappa shape index (κ2) is 8.84. The van der Waals surface area contributed by atoms with Crippen LogP contribution in [0.3, 0.4) is 0 Å². The van der Waals surface area contributed by atoms with E-state index >= 15 is 0 Å². The van der Waals surface area contributed by atoms with Crippen molar-refractivity contribution in [2.75, 3.05) is 0 Å². The molecule has 0 N–H and O–H groups in total. The molecule has 0 nitrogen and oxygen atoms in total. The summed E-state index contributed by atoms with van der Waals surface area (Å²) in [7, 11) is 0. The van der Waals surface area contributed by atoms with Gasteiger partial charge in [0.1, 0.15) is 0 Å². The summed E-state index contributed by atoms with van der Waals surface area (Å²) in [6, 6.07) is 9.87. The monoisotopic (exact) mass is 252 g/mol. The lowest BCUT2D eigenvalue weighted by Gasteiger charge is -2.12. The van der Waals surface area contributed by atoms with Gasteiger partial charge in [-0.3, -0.25) is 0 Å². The van der Waals surface area contributed by atoms with Gasteiger partial charge in [-0.15, -0.1) is 0 Å². The van der Waals surface area contributed by atoms with Crippen molar-refractivity contribution in [2.24, 2.45) is 5.92 Å². The topological polar surface area (TPSA) is 0 Å². The molecule has 0 fully saturated rings. The lowest BCUT2D eigenvalue weighted by atomic mass is 9.93. The number of hydrogen-bond donors (Lipinski definition) is 0. The molecule has 0 aliphatic heterocycles. The highest BCUT2D eigenvalue weighted by Gasteiger charge is 2.08. The van der Waals surface area contributed by atoms with Crippen LogP contribution < -0.4 is 0 Å². The van der Waals surface area contributed by atoms with E-state index in [1.165, 1.54) is 12.8 Å². The molecule has 1 rings (SSSR count). The molecule has 0 aliphatic carbocycles. The van der Waals surface area contributed by atoms with Gasteiger partial charge in [0.25, 0.3) is 6.08 Å². The average molecular weight is 252 g/mol. The zero-order valence-corrected chi connectivity index (χ0v) is 11.0. The van der Waals surface area contributed by atoms with Crippen molar-refractivity contribution in [3.8, 4) is 0 Å². The van der Waals surface area contributed by atoms with E-state index in [2.05, 4.69) is 6.92 Å². The molecule has 0 radical (unpaired) electrons. The van der Waals surface area contributed by atoms with Crippen LogP contribution in [0, 0.1) is 5.92 Å². The molecular weight excluding hydrogens is 230 g/mol. The predicted octanol–water partition coefficient (Wildman–Crippen LogP) is 5.60. The van der Waals surface area contributed by atoms with Crippen LogP contribution in [0.15, 0.2) is 42.5 Å². The van der Waals surface area contributed by atoms with Crippen molar-refractivity contribution in [3.63, 3.8) is 0 Å². The van der Waals surface area contributed by atoms with Crippen molar-refractivity contribution >= 4 is 0 Å². The van der Waals surface area contributed by atoms with Gasteiger partial charge in [0.15, 0.2) is 0 Å². The summed E-state index contributed by atoms with van der Waals surface area (Å²) in [4.78, 5) is 0. The van der Waals surface area contributed by atoms with Gasteiger partial charge in [-0.05, 0) is 30.4 Å². The largest absolute Gasteiger partial charge is 0.266 e. The van der Waals surface area contributed by atoms with Crippen LogP contribution in [0.4, 0.5) is 8.78 Å². The van der Waals surface area contributed by atoms with Crippen molar-refractivity contribution < 1.29 is 8.78 Å². The van der Waals surface area contributed by atoms with Crippen LogP contribution in [-0.2, 0) is 6.42 Å². The maximum atomic E-state index is 12.4. The first kappa shape index (κ1) is 14.9. The van der Waals surface area contributed by atoms with E-state index in [-0.39, 0.29) is 5.92 Å². The molecule has 1 unspecified atom stereocenters. The zero-order chi connectivity index (χ0) is 13.2. The molecule has 1 aromatic rings. The van der Waals surface area contributed by atoms with Crippen molar-refractivity contribution in [1.29, 1.82) is 0 Å². The standard InChI is InChI=1S/C16H22F2/c1-2-3-4-6-11-15(13-16(17)18)12-14-9-7-5-8-10-14/h5,7-10,13,15H,2-4,6,11-12H2,1H3. The molecule has 0 saturated heterocycles. The lowest BCUT2D eigenvalue weighted by molar-refractivity contribution is 0.401. The third kappa shape index (κ3) is 6.53. The Hall–Kier alpha value is -1.18. The summed E-state index contributed by atoms with van der Waals surface area (Å²) >= 11 is 0. The first-order chi connectivity index (χ1) is 8.72. The number of hydrogen-bond acceptors (Lipinski definition) is 0. The van der Waals surface area contributed by atoms with E-state index in [0.29, 0.717) is 6.42 Å². The van der Waals surface area contributed by atoms with Gasteiger partial charge in [-0.1, -0.05) is 62.9 Å². The molecule has 1 aromatic carbocycles. The Morgan fingerprint density at radius 3 is 2.44 bits per heavy atom. The molecule has 0 aliphatic rings. The Bertz CT molecular complexity index is 339. The summed E-state index contributed by atoms with van der Waals surface area (Å²) < 4.78 is 24.8. The highest BCUT2D eigenvalue weighted by molar-refractivity contribution is 5.16. The van der Waals surface area contributed by atoms with Crippen LogP contribution in [0.1, 0.15) is 44.6 Å². The molecule has 0 aromatic heterocycles. The molecule has 0 heterocycles. The molecule has 100 valence electrons. The first-order valence-corrected chi connectivity index (χ1v) is 6.79. The summed E-state index contributed by atoms with van der Waals surface area (Å²) in [5.74, 6) is -0.0331. The Morgan fingerprint density at radius 1 is 1.11 bits per heavy atom. The number of halogens is 2. The fourth-order valence-corrected chi connectivity index (χ4v) is 2.17. The van der Waals surface area contributed by atoms with E-state index in [1.54, 1.807) is 0 Å². The molecule has 1 atom stereocenters. The third-order valence-electron chi connectivity index (χ3n) is 3.13. The van der Waals surface area contributed by atoms with E-state index in [4.69, 9.17) is 0 Å². The fourth-order valence-electron chi connectivity index (χ4n) is 2.17. The maximum absolute atomic E-state index is 12.4. The predicted molar refractivity (Wildman–Crippen MR) is 72.7 cm³/mol. The molecular formula is C16H22F2. The number of unbranched alkanes of at least 4 members (excludes halogenated alkanes) is 3. The summed E-state index contributed by atoms with van der Waals surface area (Å²) in [6.45, 7) is 2.16. The Balaban J connectivity index is 2.48. The van der Waals surface area contributed by atoms with Gasteiger partial charge in [0, 0.05) is 0 Å². The highest BCUT2D eigenvalue weighted by atomic mass is 19.3. The van der Waals surface area contributed by atoms with Crippen molar-refractivity contribution in [2.45, 2.75) is 45.4 Å². The SMILES string of the molecule is CCCCCCC(C=C(F)F)Cc1ccccc1. The highest BCUT2D eigenvalue weighted by Crippen LogP contribution is 2.20. The van der Waals surface area contributed by atoms with E-state index in [1.807, 2.05) is 30.3 Å². The van der Waals surface area contributed by atoms with E-state index in [9.17, 15) is 8.78 Å². The van der Waals surface area contributed by atoms with Gasteiger partial charge >= 0.3 is 0 Å². The van der Waals surface area contributed by atoms with Crippen LogP contribution in [-0.4, -0.2) is 0 Å². The quantitative estimate of drug-likeness (QED) is 0.528. The van der Waals surface area contributed by atoms with Gasteiger partial charge < -0.3 is 0 Å². The fraction of sp³-hybridized carbons (Fsp3) is 0.500. The Kier molecular flexibility index (Phi) is 7.31. The van der Waals surface area contributed by atoms with Gasteiger partial charge in [-0.2, -0.15) is 8.78 Å². The summed E-state index contributed by atoms with van der Waals surface area (Å²) in [5.41, 5.74) is 1.13. The molecule has 0 amide bonds. The van der Waals surface area contributed by atoms with Crippen LogP contribution in [0.2, 0.25) is 0 Å². The minimum atomic E-state index is -1.55. The minimum Gasteiger partial charge on any atom is -0.174 e. The second-order valence-electron chi connectivity index (χ2n) is 4.76. The minimum absolute atomic E-state index is 0.0331. The summed E-state index contributed by atoms with van der Waals surface area (Å²) in [5, 5.41) is 0. The van der Waals surface area contributed by atoms with Crippen LogP contribution in [0.25, 0.3) is 0 Å². The van der Waals surface area contributed by atoms with E-state index in [0.717, 1.165) is 30.9 Å². The normalized spacial score (nSPS) is 12.2. The molecule has 2 heteroatoms. The van der Waals surface area contributed by atoms with Crippen LogP contribution in [0.5, 0.6) is 0 Å². The van der Waals surface area contributed by atoms with Crippen LogP contribution >= 0.6 is 0 Å². The number of benzene rings is 1. The first-order valence-electron chi connectivity index (χ1n) is 6.79. The molecule has 0 spiro atoms. The molecule has 18 heavy (non-hydrogen) atoms. The average Bonchev–Trinajstić information content (AvgIpc) is 2.35. The lowest BCUT2D eigenvalue weighted by Crippen LogP contribution is -2.02. The Morgan fingerprint density at radius 2 is 1.83 bits per heavy atom. The maximum Gasteiger partial charge on any atom is 0.266 e. The van der Waals surface area contributed by atoms with Crippen molar-refractivity contribution in [3.05, 3.63) is 48.1 Å². The van der Waals surface area contributed by atoms with Gasteiger partial charge in [0.05, 0.1) is 0 Å². The van der Waals surface area contributed by atoms with Gasteiger partial charge in [-0.25, -0.2) is 0 Å². The zero-order valence-electron chi connectivity index (χ0n) is 11.0. The Labute approximate surface area is 109 Å². The molecule has 0 saturated carbocycles. The smallest absolute Gasteiger partial charge is 0.174 e. The van der Waals surface area contributed by atoms with Gasteiger partial charge in [0.2, 0.25) is 0 Å². The summed E-state index contributed by atoms with van der Waals surface area (Å²) in [6.07, 6.45) is 5.69. The van der Waals surface area contributed by atoms with Crippen molar-refractivity contribution in [1.82, 2.24) is 0 Å². The number of allylic oxidation sites excluding steroid dienone is 1.